The van der Waals surface area contributed by atoms with Crippen LogP contribution in [0.2, 0.25) is 0 Å². The summed E-state index contributed by atoms with van der Waals surface area (Å²) in [5.41, 5.74) is 6.81. The molecule has 1 unspecified atom stereocenters. The number of rotatable bonds is 6. The number of aromatic nitrogens is 2. The largest absolute Gasteiger partial charge is 0.369 e. The van der Waals surface area contributed by atoms with E-state index < -0.39 is 0 Å². The molecule has 0 spiro atoms. The summed E-state index contributed by atoms with van der Waals surface area (Å²) >= 11 is 0. The van der Waals surface area contributed by atoms with E-state index in [-0.39, 0.29) is 0 Å². The first-order valence-corrected chi connectivity index (χ1v) is 11.9. The Kier molecular flexibility index (Phi) is 6.79. The van der Waals surface area contributed by atoms with Crippen LogP contribution < -0.4 is 4.90 Å². The predicted octanol–water partition coefficient (Wildman–Crippen LogP) is 3.87. The highest BCUT2D eigenvalue weighted by molar-refractivity contribution is 5.48. The van der Waals surface area contributed by atoms with E-state index >= 15 is 0 Å². The lowest BCUT2D eigenvalue weighted by Crippen LogP contribution is -2.55. The third-order valence-corrected chi connectivity index (χ3v) is 7.23. The monoisotopic (exact) mass is 409 g/mol. The average molecular weight is 410 g/mol. The third-order valence-electron chi connectivity index (χ3n) is 7.23. The van der Waals surface area contributed by atoms with Gasteiger partial charge in [0.1, 0.15) is 0 Å². The van der Waals surface area contributed by atoms with Crippen LogP contribution in [0.25, 0.3) is 0 Å². The van der Waals surface area contributed by atoms with Gasteiger partial charge in [-0.3, -0.25) is 14.5 Å². The van der Waals surface area contributed by atoms with Crippen molar-refractivity contribution in [3.63, 3.8) is 0 Å². The molecule has 0 saturated carbocycles. The minimum Gasteiger partial charge on any atom is -0.369 e. The van der Waals surface area contributed by atoms with E-state index in [9.17, 15) is 0 Å². The molecule has 2 saturated heterocycles. The molecule has 1 atom stereocenters. The summed E-state index contributed by atoms with van der Waals surface area (Å²) in [4.78, 5) is 7.97. The van der Waals surface area contributed by atoms with E-state index in [2.05, 4.69) is 71.3 Å². The second-order valence-corrected chi connectivity index (χ2v) is 9.04. The Morgan fingerprint density at radius 2 is 1.70 bits per heavy atom. The molecule has 2 aliphatic heterocycles. The zero-order valence-corrected chi connectivity index (χ0v) is 19.4. The Balaban J connectivity index is 1.32. The molecule has 5 nitrogen and oxygen atoms in total. The van der Waals surface area contributed by atoms with Crippen molar-refractivity contribution >= 4 is 5.69 Å². The summed E-state index contributed by atoms with van der Waals surface area (Å²) in [6.45, 7) is 17.9. The van der Waals surface area contributed by atoms with E-state index in [4.69, 9.17) is 5.10 Å². The zero-order valence-electron chi connectivity index (χ0n) is 19.4. The minimum absolute atomic E-state index is 0.699. The second kappa shape index (κ2) is 9.52. The summed E-state index contributed by atoms with van der Waals surface area (Å²) in [6, 6.07) is 9.87. The van der Waals surface area contributed by atoms with Gasteiger partial charge in [0, 0.05) is 68.8 Å². The number of likely N-dealkylation sites (tertiary alicyclic amines) is 1. The summed E-state index contributed by atoms with van der Waals surface area (Å²) in [5.74, 6) is 0. The Bertz CT molecular complexity index is 817. The minimum atomic E-state index is 0.699. The molecule has 30 heavy (non-hydrogen) atoms. The number of hydrogen-bond acceptors (Lipinski definition) is 4. The lowest BCUT2D eigenvalue weighted by molar-refractivity contribution is 0.0885. The molecule has 164 valence electrons. The highest BCUT2D eigenvalue weighted by Crippen LogP contribution is 2.24. The van der Waals surface area contributed by atoms with Gasteiger partial charge in [-0.1, -0.05) is 19.1 Å². The number of anilines is 1. The molecule has 0 aliphatic carbocycles. The van der Waals surface area contributed by atoms with Crippen molar-refractivity contribution < 1.29 is 0 Å². The standard InChI is InChI=1S/C25H39N5/c1-5-22-9-11-23(12-10-22)28-14-16-29(17-15-28)24-8-7-13-27(18-24)19-25-20(3)26-30(6-2)21(25)4/h9-12,24H,5-8,13-19H2,1-4H3. The first-order valence-electron chi connectivity index (χ1n) is 11.9. The normalized spacial score (nSPS) is 21.3. The van der Waals surface area contributed by atoms with Gasteiger partial charge in [0.25, 0.3) is 0 Å². The van der Waals surface area contributed by atoms with Gasteiger partial charge in [-0.2, -0.15) is 5.10 Å². The first kappa shape index (κ1) is 21.4. The van der Waals surface area contributed by atoms with Crippen LogP contribution in [-0.4, -0.2) is 64.9 Å². The van der Waals surface area contributed by atoms with Gasteiger partial charge in [-0.25, -0.2) is 0 Å². The maximum absolute atomic E-state index is 4.73. The fourth-order valence-electron chi connectivity index (χ4n) is 5.25. The molecule has 0 amide bonds. The highest BCUT2D eigenvalue weighted by atomic mass is 15.3. The number of piperazine rings is 1. The number of aryl methyl sites for hydroxylation is 3. The predicted molar refractivity (Wildman–Crippen MR) is 125 cm³/mol. The van der Waals surface area contributed by atoms with Crippen molar-refractivity contribution in [1.82, 2.24) is 19.6 Å². The Labute approximate surface area is 182 Å². The summed E-state index contributed by atoms with van der Waals surface area (Å²) in [7, 11) is 0. The van der Waals surface area contributed by atoms with Crippen LogP contribution >= 0.6 is 0 Å². The average Bonchev–Trinajstić information content (AvgIpc) is 3.07. The molecule has 0 bridgehead atoms. The molecule has 0 N–H and O–H groups in total. The number of benzene rings is 1. The van der Waals surface area contributed by atoms with E-state index in [1.165, 1.54) is 67.2 Å². The van der Waals surface area contributed by atoms with Gasteiger partial charge in [0.05, 0.1) is 5.69 Å². The van der Waals surface area contributed by atoms with Crippen LogP contribution in [0.15, 0.2) is 24.3 Å². The lowest BCUT2D eigenvalue weighted by Gasteiger charge is -2.44. The van der Waals surface area contributed by atoms with Crippen LogP contribution in [0.5, 0.6) is 0 Å². The second-order valence-electron chi connectivity index (χ2n) is 9.04. The lowest BCUT2D eigenvalue weighted by atomic mass is 10.0. The van der Waals surface area contributed by atoms with E-state index in [1.807, 2.05) is 0 Å². The number of hydrogen-bond donors (Lipinski definition) is 0. The van der Waals surface area contributed by atoms with E-state index in [0.717, 1.165) is 32.6 Å². The SMILES string of the molecule is CCc1ccc(N2CCN(C3CCCN(Cc4c(C)nn(CC)c4C)C3)CC2)cc1. The molecule has 2 aromatic rings. The summed E-state index contributed by atoms with van der Waals surface area (Å²) in [6.07, 6.45) is 3.77. The van der Waals surface area contributed by atoms with Crippen LogP contribution in [0, 0.1) is 13.8 Å². The van der Waals surface area contributed by atoms with Gasteiger partial charge in [0.2, 0.25) is 0 Å². The topological polar surface area (TPSA) is 27.5 Å². The Hall–Kier alpha value is -1.85. The van der Waals surface area contributed by atoms with Gasteiger partial charge in [-0.05, 0) is 64.3 Å². The zero-order chi connectivity index (χ0) is 21.1. The maximum Gasteiger partial charge on any atom is 0.0641 e. The Morgan fingerprint density at radius 1 is 0.967 bits per heavy atom. The van der Waals surface area contributed by atoms with Crippen molar-refractivity contribution in [3.8, 4) is 0 Å². The molecule has 3 heterocycles. The quantitative estimate of drug-likeness (QED) is 0.724. The van der Waals surface area contributed by atoms with Crippen molar-refractivity contribution in [2.24, 2.45) is 0 Å². The number of nitrogens with zero attached hydrogens (tertiary/aromatic N) is 5. The molecular weight excluding hydrogens is 370 g/mol. The number of piperidine rings is 1. The third kappa shape index (κ3) is 4.57. The van der Waals surface area contributed by atoms with Crippen molar-refractivity contribution in [1.29, 1.82) is 0 Å². The molecule has 2 fully saturated rings. The molecule has 4 rings (SSSR count). The van der Waals surface area contributed by atoms with Gasteiger partial charge in [-0.15, -0.1) is 0 Å². The Morgan fingerprint density at radius 3 is 2.33 bits per heavy atom. The van der Waals surface area contributed by atoms with Crippen LogP contribution in [0.4, 0.5) is 5.69 Å². The fourth-order valence-corrected chi connectivity index (χ4v) is 5.25. The van der Waals surface area contributed by atoms with Crippen LogP contribution in [0.1, 0.15) is 49.2 Å². The van der Waals surface area contributed by atoms with Gasteiger partial charge < -0.3 is 4.90 Å². The molecular formula is C25H39N5. The van der Waals surface area contributed by atoms with Crippen molar-refractivity contribution in [3.05, 3.63) is 46.8 Å². The molecule has 2 aliphatic rings. The van der Waals surface area contributed by atoms with Gasteiger partial charge >= 0.3 is 0 Å². The molecule has 1 aromatic heterocycles. The first-order chi connectivity index (χ1) is 14.6. The molecule has 0 radical (unpaired) electrons. The maximum atomic E-state index is 4.73. The van der Waals surface area contributed by atoms with Crippen molar-refractivity contribution in [2.45, 2.75) is 66.1 Å². The summed E-state index contributed by atoms with van der Waals surface area (Å²) < 4.78 is 2.15. The van der Waals surface area contributed by atoms with Crippen molar-refractivity contribution in [2.75, 3.05) is 44.2 Å². The molecule has 5 heteroatoms. The smallest absolute Gasteiger partial charge is 0.0641 e. The van der Waals surface area contributed by atoms with Crippen LogP contribution in [0.3, 0.4) is 0 Å². The highest BCUT2D eigenvalue weighted by Gasteiger charge is 2.29. The summed E-state index contributed by atoms with van der Waals surface area (Å²) in [5, 5.41) is 4.73. The molecule has 1 aromatic carbocycles. The van der Waals surface area contributed by atoms with E-state index in [1.54, 1.807) is 0 Å². The van der Waals surface area contributed by atoms with Crippen LogP contribution in [-0.2, 0) is 19.5 Å². The fraction of sp³-hybridized carbons (Fsp3) is 0.640. The van der Waals surface area contributed by atoms with E-state index in [0.29, 0.717) is 6.04 Å². The van der Waals surface area contributed by atoms with Gasteiger partial charge in [0.15, 0.2) is 0 Å².